The Balaban J connectivity index is 2.22. The molecule has 0 N–H and O–H groups in total. The fourth-order valence-electron chi connectivity index (χ4n) is 2.98. The normalized spacial score (nSPS) is 23.9. The number of rotatable bonds is 0. The van der Waals surface area contributed by atoms with Crippen molar-refractivity contribution in [2.24, 2.45) is 0 Å². The van der Waals surface area contributed by atoms with Gasteiger partial charge in [0.1, 0.15) is 0 Å². The van der Waals surface area contributed by atoms with Crippen LogP contribution in [0.2, 0.25) is 0 Å². The molecule has 0 radical (unpaired) electrons. The highest BCUT2D eigenvalue weighted by atomic mass is 16.2. The van der Waals surface area contributed by atoms with Gasteiger partial charge in [-0.1, -0.05) is 12.1 Å². The van der Waals surface area contributed by atoms with Gasteiger partial charge in [-0.2, -0.15) is 0 Å². The standard InChI is InChI=1S/C13H15NO/c1-14-8-10-6-2-4-9-5-3-7-11(12(9)10)13(14)15/h3,5,7,10H,2,4,6,8H2,1H3. The Morgan fingerprint density at radius 2 is 2.27 bits per heavy atom. The van der Waals surface area contributed by atoms with Crippen molar-refractivity contribution in [1.29, 1.82) is 0 Å². The molecule has 2 heteroatoms. The van der Waals surface area contributed by atoms with Gasteiger partial charge in [0.05, 0.1) is 0 Å². The summed E-state index contributed by atoms with van der Waals surface area (Å²) in [5.41, 5.74) is 3.71. The van der Waals surface area contributed by atoms with Crippen molar-refractivity contribution in [3.05, 3.63) is 34.9 Å². The molecule has 1 unspecified atom stereocenters. The van der Waals surface area contributed by atoms with Crippen LogP contribution in [0.4, 0.5) is 0 Å². The fourth-order valence-corrected chi connectivity index (χ4v) is 2.98. The first-order valence-corrected chi connectivity index (χ1v) is 5.64. The molecule has 0 fully saturated rings. The molecule has 0 aromatic heterocycles. The fraction of sp³-hybridized carbons (Fsp3) is 0.462. The topological polar surface area (TPSA) is 20.3 Å². The van der Waals surface area contributed by atoms with Gasteiger partial charge in [0.2, 0.25) is 0 Å². The Morgan fingerprint density at radius 1 is 1.40 bits per heavy atom. The number of amides is 1. The Morgan fingerprint density at radius 3 is 3.13 bits per heavy atom. The largest absolute Gasteiger partial charge is 0.341 e. The monoisotopic (exact) mass is 201 g/mol. The maximum atomic E-state index is 12.0. The zero-order valence-electron chi connectivity index (χ0n) is 8.99. The number of carbonyl (C=O) groups excluding carboxylic acids is 1. The summed E-state index contributed by atoms with van der Waals surface area (Å²) in [6.45, 7) is 0.906. The molecule has 15 heavy (non-hydrogen) atoms. The summed E-state index contributed by atoms with van der Waals surface area (Å²) in [5, 5.41) is 0. The lowest BCUT2D eigenvalue weighted by molar-refractivity contribution is 0.0759. The molecule has 1 atom stereocenters. The van der Waals surface area contributed by atoms with Gasteiger partial charge < -0.3 is 4.90 Å². The molecular weight excluding hydrogens is 186 g/mol. The van der Waals surface area contributed by atoms with Crippen LogP contribution >= 0.6 is 0 Å². The van der Waals surface area contributed by atoms with Crippen LogP contribution in [0.3, 0.4) is 0 Å². The van der Waals surface area contributed by atoms with Gasteiger partial charge in [0.15, 0.2) is 0 Å². The molecule has 0 spiro atoms. The molecular formula is C13H15NO. The highest BCUT2D eigenvalue weighted by molar-refractivity contribution is 5.97. The third-order valence-corrected chi connectivity index (χ3v) is 3.67. The number of hydrogen-bond donors (Lipinski definition) is 0. The molecule has 1 aromatic rings. The van der Waals surface area contributed by atoms with Crippen LogP contribution in [0.5, 0.6) is 0 Å². The molecule has 1 aliphatic heterocycles. The van der Waals surface area contributed by atoms with Crippen molar-refractivity contribution in [1.82, 2.24) is 4.90 Å². The van der Waals surface area contributed by atoms with Gasteiger partial charge in [-0.3, -0.25) is 4.79 Å². The summed E-state index contributed by atoms with van der Waals surface area (Å²) in [6, 6.07) is 6.19. The number of likely N-dealkylation sites (N-methyl/N-ethyl adjacent to an activating group) is 1. The molecule has 2 nitrogen and oxygen atoms in total. The minimum Gasteiger partial charge on any atom is -0.341 e. The van der Waals surface area contributed by atoms with Gasteiger partial charge in [-0.25, -0.2) is 0 Å². The van der Waals surface area contributed by atoms with E-state index in [9.17, 15) is 4.79 Å². The van der Waals surface area contributed by atoms with Crippen LogP contribution in [0.1, 0.15) is 40.2 Å². The Hall–Kier alpha value is -1.31. The highest BCUT2D eigenvalue weighted by Crippen LogP contribution is 2.37. The maximum Gasteiger partial charge on any atom is 0.253 e. The van der Waals surface area contributed by atoms with Crippen molar-refractivity contribution >= 4 is 5.91 Å². The van der Waals surface area contributed by atoms with E-state index < -0.39 is 0 Å². The summed E-state index contributed by atoms with van der Waals surface area (Å²) < 4.78 is 0. The number of carbonyl (C=O) groups is 1. The van der Waals surface area contributed by atoms with Gasteiger partial charge in [-0.15, -0.1) is 0 Å². The number of benzene rings is 1. The number of nitrogens with zero attached hydrogens (tertiary/aromatic N) is 1. The van der Waals surface area contributed by atoms with E-state index in [1.807, 2.05) is 24.1 Å². The Labute approximate surface area is 89.9 Å². The molecule has 3 rings (SSSR count). The van der Waals surface area contributed by atoms with Crippen LogP contribution in [0.15, 0.2) is 18.2 Å². The average Bonchev–Trinajstić information content (AvgIpc) is 2.26. The Bertz CT molecular complexity index is 425. The second kappa shape index (κ2) is 3.09. The van der Waals surface area contributed by atoms with E-state index in [4.69, 9.17) is 0 Å². The molecule has 1 aromatic carbocycles. The third-order valence-electron chi connectivity index (χ3n) is 3.67. The molecule has 0 saturated carbocycles. The second-order valence-electron chi connectivity index (χ2n) is 4.65. The lowest BCUT2D eigenvalue weighted by Crippen LogP contribution is -2.38. The minimum absolute atomic E-state index is 0.199. The van der Waals surface area contributed by atoms with Crippen molar-refractivity contribution < 1.29 is 4.79 Å². The molecule has 0 bridgehead atoms. The molecule has 78 valence electrons. The molecule has 0 saturated heterocycles. The molecule has 1 amide bonds. The minimum atomic E-state index is 0.199. The van der Waals surface area contributed by atoms with Gasteiger partial charge >= 0.3 is 0 Å². The van der Waals surface area contributed by atoms with Crippen LogP contribution in [0.25, 0.3) is 0 Å². The van der Waals surface area contributed by atoms with Crippen LogP contribution in [-0.4, -0.2) is 24.4 Å². The highest BCUT2D eigenvalue weighted by Gasteiger charge is 2.32. The van der Waals surface area contributed by atoms with Crippen molar-refractivity contribution in [3.63, 3.8) is 0 Å². The van der Waals surface area contributed by atoms with E-state index in [2.05, 4.69) is 6.07 Å². The van der Waals surface area contributed by atoms with Gasteiger partial charge in [0.25, 0.3) is 5.91 Å². The predicted molar refractivity (Wildman–Crippen MR) is 59.1 cm³/mol. The molecule has 1 aliphatic carbocycles. The summed E-state index contributed by atoms with van der Waals surface area (Å²) >= 11 is 0. The summed E-state index contributed by atoms with van der Waals surface area (Å²) in [5.74, 6) is 0.789. The van der Waals surface area contributed by atoms with Crippen LogP contribution in [-0.2, 0) is 6.42 Å². The molecule has 1 heterocycles. The number of hydrogen-bond acceptors (Lipinski definition) is 1. The quantitative estimate of drug-likeness (QED) is 0.630. The van der Waals surface area contributed by atoms with Crippen LogP contribution in [0, 0.1) is 0 Å². The van der Waals surface area contributed by atoms with E-state index in [1.54, 1.807) is 0 Å². The first kappa shape index (κ1) is 8.96. The van der Waals surface area contributed by atoms with Crippen molar-refractivity contribution in [3.8, 4) is 0 Å². The van der Waals surface area contributed by atoms with Gasteiger partial charge in [0, 0.05) is 25.1 Å². The molecule has 2 aliphatic rings. The lowest BCUT2D eigenvalue weighted by Gasteiger charge is -2.36. The Kier molecular flexibility index (Phi) is 1.84. The van der Waals surface area contributed by atoms with Gasteiger partial charge in [-0.05, 0) is 36.5 Å². The maximum absolute atomic E-state index is 12.0. The SMILES string of the molecule is CN1CC2CCCc3cccc(c32)C1=O. The van der Waals surface area contributed by atoms with Crippen LogP contribution < -0.4 is 0 Å². The first-order valence-electron chi connectivity index (χ1n) is 5.64. The van der Waals surface area contributed by atoms with Crippen molar-refractivity contribution in [2.45, 2.75) is 25.2 Å². The summed E-state index contributed by atoms with van der Waals surface area (Å²) in [7, 11) is 1.91. The van der Waals surface area contributed by atoms with E-state index in [0.29, 0.717) is 5.92 Å². The zero-order valence-corrected chi connectivity index (χ0v) is 8.99. The summed E-state index contributed by atoms with van der Waals surface area (Å²) in [6.07, 6.45) is 3.65. The van der Waals surface area contributed by atoms with Crippen molar-refractivity contribution in [2.75, 3.05) is 13.6 Å². The smallest absolute Gasteiger partial charge is 0.253 e. The van der Waals surface area contributed by atoms with E-state index >= 15 is 0 Å². The van der Waals surface area contributed by atoms with E-state index in [0.717, 1.165) is 18.5 Å². The van der Waals surface area contributed by atoms with E-state index in [1.165, 1.54) is 24.0 Å². The third kappa shape index (κ3) is 1.21. The zero-order chi connectivity index (χ0) is 10.4. The predicted octanol–water partition coefficient (Wildman–Crippen LogP) is 2.19. The number of aryl methyl sites for hydroxylation is 1. The summed E-state index contributed by atoms with van der Waals surface area (Å²) in [4.78, 5) is 13.8. The second-order valence-corrected chi connectivity index (χ2v) is 4.65. The average molecular weight is 201 g/mol. The first-order chi connectivity index (χ1) is 7.27. The lowest BCUT2D eigenvalue weighted by atomic mass is 9.77. The van der Waals surface area contributed by atoms with E-state index in [-0.39, 0.29) is 5.91 Å².